The van der Waals surface area contributed by atoms with Crippen LogP contribution in [0.1, 0.15) is 39.0 Å². The molecule has 0 atom stereocenters. The van der Waals surface area contributed by atoms with Crippen LogP contribution in [0.2, 0.25) is 0 Å². The minimum Gasteiger partial charge on any atom is -0.464 e. The van der Waals surface area contributed by atoms with Crippen molar-refractivity contribution < 1.29 is 9.53 Å². The molecule has 1 fully saturated rings. The van der Waals surface area contributed by atoms with Gasteiger partial charge in [-0.15, -0.1) is 0 Å². The van der Waals surface area contributed by atoms with Crippen molar-refractivity contribution in [3.8, 4) is 0 Å². The van der Waals surface area contributed by atoms with E-state index in [2.05, 4.69) is 5.10 Å². The lowest BCUT2D eigenvalue weighted by Crippen LogP contribution is -2.45. The van der Waals surface area contributed by atoms with Crippen LogP contribution in [-0.4, -0.2) is 22.4 Å². The summed E-state index contributed by atoms with van der Waals surface area (Å²) in [6.45, 7) is 2.23. The minimum absolute atomic E-state index is 0.178. The van der Waals surface area contributed by atoms with E-state index in [1.165, 1.54) is 0 Å². The molecule has 2 N–H and O–H groups in total. The van der Waals surface area contributed by atoms with Gasteiger partial charge >= 0.3 is 5.97 Å². The third-order valence-electron chi connectivity index (χ3n) is 3.38. The first-order valence-electron chi connectivity index (χ1n) is 6.17. The van der Waals surface area contributed by atoms with Gasteiger partial charge in [0.15, 0.2) is 5.54 Å². The fourth-order valence-electron chi connectivity index (χ4n) is 2.50. The van der Waals surface area contributed by atoms with E-state index >= 15 is 0 Å². The lowest BCUT2D eigenvalue weighted by Gasteiger charge is -2.34. The smallest absolute Gasteiger partial charge is 0.334 e. The van der Waals surface area contributed by atoms with E-state index in [9.17, 15) is 4.79 Å². The van der Waals surface area contributed by atoms with Crippen LogP contribution < -0.4 is 5.73 Å². The third-order valence-corrected chi connectivity index (χ3v) is 3.38. The van der Waals surface area contributed by atoms with Crippen LogP contribution in [0.3, 0.4) is 0 Å². The highest BCUT2D eigenvalue weighted by Gasteiger charge is 2.43. The number of rotatable bonds is 3. The molecule has 1 aliphatic carbocycles. The van der Waals surface area contributed by atoms with Gasteiger partial charge in [0.1, 0.15) is 0 Å². The van der Waals surface area contributed by atoms with E-state index in [-0.39, 0.29) is 5.97 Å². The zero-order valence-electron chi connectivity index (χ0n) is 10.2. The Labute approximate surface area is 101 Å². The standard InChI is InChI=1S/C12H19N3O2/c1-2-17-11(16)12(6-4-3-5-7-12)15-9-10(13)8-14-15/h8-9H,2-7,13H2,1H3. The molecule has 1 heterocycles. The molecule has 1 aliphatic rings. The number of nitrogen functional groups attached to an aromatic ring is 1. The third kappa shape index (κ3) is 2.14. The Morgan fingerprint density at radius 1 is 1.53 bits per heavy atom. The Hall–Kier alpha value is -1.52. The normalized spacial score (nSPS) is 18.9. The average Bonchev–Trinajstić information content (AvgIpc) is 2.77. The van der Waals surface area contributed by atoms with Gasteiger partial charge in [-0.3, -0.25) is 4.68 Å². The molecule has 2 rings (SSSR count). The van der Waals surface area contributed by atoms with Crippen LogP contribution >= 0.6 is 0 Å². The Bertz CT molecular complexity index is 394. The zero-order chi connectivity index (χ0) is 12.3. The summed E-state index contributed by atoms with van der Waals surface area (Å²) in [5.41, 5.74) is 5.63. The second-order valence-corrected chi connectivity index (χ2v) is 4.53. The van der Waals surface area contributed by atoms with Crippen LogP contribution in [0.15, 0.2) is 12.4 Å². The van der Waals surface area contributed by atoms with Crippen LogP contribution in [0.4, 0.5) is 5.69 Å². The summed E-state index contributed by atoms with van der Waals surface area (Å²) in [5.74, 6) is -0.178. The summed E-state index contributed by atoms with van der Waals surface area (Å²) in [4.78, 5) is 12.2. The molecule has 94 valence electrons. The van der Waals surface area contributed by atoms with E-state index in [0.29, 0.717) is 12.3 Å². The maximum atomic E-state index is 12.2. The minimum atomic E-state index is -0.633. The highest BCUT2D eigenvalue weighted by Crippen LogP contribution is 2.36. The molecular weight excluding hydrogens is 218 g/mol. The number of esters is 1. The first-order valence-corrected chi connectivity index (χ1v) is 6.17. The van der Waals surface area contributed by atoms with Crippen molar-refractivity contribution in [2.75, 3.05) is 12.3 Å². The Kier molecular flexibility index (Phi) is 3.36. The van der Waals surface area contributed by atoms with Crippen LogP contribution in [0.25, 0.3) is 0 Å². The maximum Gasteiger partial charge on any atom is 0.334 e. The Morgan fingerprint density at radius 2 is 2.24 bits per heavy atom. The molecule has 5 nitrogen and oxygen atoms in total. The summed E-state index contributed by atoms with van der Waals surface area (Å²) in [7, 11) is 0. The van der Waals surface area contributed by atoms with Crippen molar-refractivity contribution in [2.24, 2.45) is 0 Å². The van der Waals surface area contributed by atoms with Gasteiger partial charge in [-0.2, -0.15) is 5.10 Å². The second-order valence-electron chi connectivity index (χ2n) is 4.53. The van der Waals surface area contributed by atoms with Gasteiger partial charge in [-0.05, 0) is 19.8 Å². The summed E-state index contributed by atoms with van der Waals surface area (Å²) in [6, 6.07) is 0. The molecule has 0 amide bonds. The van der Waals surface area contributed by atoms with Crippen LogP contribution in [-0.2, 0) is 15.1 Å². The van der Waals surface area contributed by atoms with Crippen molar-refractivity contribution in [1.82, 2.24) is 9.78 Å². The number of ether oxygens (including phenoxy) is 1. The number of aromatic nitrogens is 2. The Balaban J connectivity index is 2.32. The van der Waals surface area contributed by atoms with E-state index < -0.39 is 5.54 Å². The van der Waals surface area contributed by atoms with Gasteiger partial charge in [0.2, 0.25) is 0 Å². The molecular formula is C12H19N3O2. The highest BCUT2D eigenvalue weighted by atomic mass is 16.5. The van der Waals surface area contributed by atoms with E-state index in [4.69, 9.17) is 10.5 Å². The monoisotopic (exact) mass is 237 g/mol. The average molecular weight is 237 g/mol. The highest BCUT2D eigenvalue weighted by molar-refractivity contribution is 5.79. The molecule has 17 heavy (non-hydrogen) atoms. The number of anilines is 1. The molecule has 1 saturated carbocycles. The Morgan fingerprint density at radius 3 is 2.76 bits per heavy atom. The fraction of sp³-hybridized carbons (Fsp3) is 0.667. The summed E-state index contributed by atoms with van der Waals surface area (Å²) < 4.78 is 6.90. The van der Waals surface area contributed by atoms with Crippen LogP contribution in [0, 0.1) is 0 Å². The molecule has 1 aromatic rings. The van der Waals surface area contributed by atoms with Gasteiger partial charge in [0.05, 0.1) is 18.5 Å². The van der Waals surface area contributed by atoms with E-state index in [0.717, 1.165) is 32.1 Å². The molecule has 1 aromatic heterocycles. The molecule has 5 heteroatoms. The van der Waals surface area contributed by atoms with Crippen molar-refractivity contribution in [1.29, 1.82) is 0 Å². The number of carbonyl (C=O) groups excluding carboxylic acids is 1. The molecule has 0 bridgehead atoms. The van der Waals surface area contributed by atoms with E-state index in [1.807, 2.05) is 6.92 Å². The summed E-state index contributed by atoms with van der Waals surface area (Å²) in [6.07, 6.45) is 8.09. The lowest BCUT2D eigenvalue weighted by atomic mass is 9.82. The molecule has 0 unspecified atom stereocenters. The van der Waals surface area contributed by atoms with Gasteiger partial charge in [0, 0.05) is 6.20 Å². The summed E-state index contributed by atoms with van der Waals surface area (Å²) >= 11 is 0. The quantitative estimate of drug-likeness (QED) is 0.812. The van der Waals surface area contributed by atoms with Gasteiger partial charge < -0.3 is 10.5 Å². The molecule has 0 saturated heterocycles. The predicted molar refractivity (Wildman–Crippen MR) is 64.3 cm³/mol. The van der Waals surface area contributed by atoms with Gasteiger partial charge in [-0.1, -0.05) is 19.3 Å². The van der Waals surface area contributed by atoms with Crippen molar-refractivity contribution in [3.63, 3.8) is 0 Å². The maximum absolute atomic E-state index is 12.2. The number of nitrogens with zero attached hydrogens (tertiary/aromatic N) is 2. The number of carbonyl (C=O) groups is 1. The number of nitrogens with two attached hydrogens (primary N) is 1. The molecule has 0 spiro atoms. The number of hydrogen-bond donors (Lipinski definition) is 1. The summed E-state index contributed by atoms with van der Waals surface area (Å²) in [5, 5.41) is 4.21. The van der Waals surface area contributed by atoms with Crippen molar-refractivity contribution >= 4 is 11.7 Å². The molecule has 0 radical (unpaired) electrons. The SMILES string of the molecule is CCOC(=O)C1(n2cc(N)cn2)CCCCC1. The van der Waals surface area contributed by atoms with E-state index in [1.54, 1.807) is 17.1 Å². The first-order chi connectivity index (χ1) is 8.19. The van der Waals surface area contributed by atoms with Crippen molar-refractivity contribution in [2.45, 2.75) is 44.6 Å². The largest absolute Gasteiger partial charge is 0.464 e. The number of hydrogen-bond acceptors (Lipinski definition) is 4. The molecule has 0 aromatic carbocycles. The topological polar surface area (TPSA) is 70.1 Å². The zero-order valence-corrected chi connectivity index (χ0v) is 10.2. The fourth-order valence-corrected chi connectivity index (χ4v) is 2.50. The lowest BCUT2D eigenvalue weighted by molar-refractivity contribution is -0.156. The van der Waals surface area contributed by atoms with Gasteiger partial charge in [-0.25, -0.2) is 4.79 Å². The second kappa shape index (κ2) is 4.77. The van der Waals surface area contributed by atoms with Gasteiger partial charge in [0.25, 0.3) is 0 Å². The first kappa shape index (κ1) is 12.0. The van der Waals surface area contributed by atoms with Crippen molar-refractivity contribution in [3.05, 3.63) is 12.4 Å². The van der Waals surface area contributed by atoms with Crippen LogP contribution in [0.5, 0.6) is 0 Å². The molecule has 0 aliphatic heterocycles. The predicted octanol–water partition coefficient (Wildman–Crippen LogP) is 1.69.